The third-order valence-electron chi connectivity index (χ3n) is 6.84. The molecule has 0 aliphatic carbocycles. The zero-order valence-corrected chi connectivity index (χ0v) is 26.6. The highest BCUT2D eigenvalue weighted by atomic mass is 32.2. The molecule has 0 aromatic heterocycles. The van der Waals surface area contributed by atoms with Gasteiger partial charge in [-0.1, -0.05) is 84.0 Å². The maximum absolute atomic E-state index is 14.0. The van der Waals surface area contributed by atoms with Gasteiger partial charge in [0.25, 0.3) is 10.0 Å². The number of amides is 2. The smallest absolute Gasteiger partial charge is 0.268 e. The topological polar surface area (TPSA) is 124 Å². The molecule has 0 radical (unpaired) electrons. The lowest BCUT2D eigenvalue weighted by Crippen LogP contribution is -2.74. The molecule has 0 spiro atoms. The quantitative estimate of drug-likeness (QED) is 0.261. The summed E-state index contributed by atoms with van der Waals surface area (Å²) in [4.78, 5) is 29.7. The molecule has 10 heteroatoms. The first-order chi connectivity index (χ1) is 18.9. The summed E-state index contributed by atoms with van der Waals surface area (Å²) in [6, 6.07) is 15.5. The van der Waals surface area contributed by atoms with E-state index in [-0.39, 0.29) is 28.8 Å². The Kier molecular flexibility index (Phi) is 11.8. The number of rotatable bonds is 13. The van der Waals surface area contributed by atoms with Crippen molar-refractivity contribution in [2.75, 3.05) is 20.6 Å². The summed E-state index contributed by atoms with van der Waals surface area (Å²) in [5, 5.41) is 11.7. The van der Waals surface area contributed by atoms with Crippen LogP contribution in [0, 0.1) is 17.3 Å². The Bertz CT molecular complexity index is 1270. The van der Waals surface area contributed by atoms with Gasteiger partial charge in [-0.05, 0) is 72.4 Å². The highest BCUT2D eigenvalue weighted by molar-refractivity contribution is 7.89. The van der Waals surface area contributed by atoms with E-state index in [1.807, 2.05) is 57.2 Å². The van der Waals surface area contributed by atoms with Crippen molar-refractivity contribution in [2.24, 2.45) is 23.0 Å². The highest BCUT2D eigenvalue weighted by Gasteiger charge is 2.54. The van der Waals surface area contributed by atoms with Crippen molar-refractivity contribution in [3.05, 3.63) is 65.7 Å². The predicted octanol–water partition coefficient (Wildman–Crippen LogP) is 4.50. The average Bonchev–Trinajstić information content (AvgIpc) is 2.86. The summed E-state index contributed by atoms with van der Waals surface area (Å²) in [6.07, 6.45) is 1.60. The molecule has 0 aliphatic heterocycles. The number of hydrogen-bond donors (Lipinski definition) is 2. The highest BCUT2D eigenvalue weighted by Crippen LogP contribution is 2.34. The molecule has 9 nitrogen and oxygen atoms in total. The Hall–Kier alpha value is -2.63. The van der Waals surface area contributed by atoms with Gasteiger partial charge in [0.2, 0.25) is 11.8 Å². The minimum absolute atomic E-state index is 0.0310. The maximum atomic E-state index is 14.0. The molecule has 2 rings (SSSR count). The van der Waals surface area contributed by atoms with Crippen molar-refractivity contribution in [2.45, 2.75) is 77.9 Å². The summed E-state index contributed by atoms with van der Waals surface area (Å²) in [6.45, 7) is 11.1. The zero-order valence-electron chi connectivity index (χ0n) is 25.8. The van der Waals surface area contributed by atoms with Crippen LogP contribution in [-0.2, 0) is 32.5 Å². The molecule has 2 aromatic rings. The second-order valence-electron chi connectivity index (χ2n) is 12.8. The van der Waals surface area contributed by atoms with Crippen LogP contribution in [0.1, 0.15) is 65.5 Å². The number of carbonyl (C=O) groups excluding carboxylic acids is 2. The molecule has 0 saturated carbocycles. The Balaban J connectivity index is 2.73. The van der Waals surface area contributed by atoms with Gasteiger partial charge in [-0.25, -0.2) is 13.3 Å². The SMILES string of the molecule is CC(C)CCc1cccc(S(=O)(=O)N(O)[C@](N)([C@H](C)Cc2ccccc2)N(C(=O)CN(C)C)C(=O)CC(C)(C)C)c1. The fourth-order valence-corrected chi connectivity index (χ4v) is 6.03. The van der Waals surface area contributed by atoms with Crippen molar-refractivity contribution >= 4 is 21.8 Å². The van der Waals surface area contributed by atoms with Crippen LogP contribution in [0.3, 0.4) is 0 Å². The molecule has 0 heterocycles. The standard InChI is InChI=1S/C31H48N4O5S/c1-23(2)17-18-26-15-12-16-27(20-26)41(39,40)35(38)31(32,24(3)19-25-13-10-9-11-14-25)34(29(37)22-33(7)8)28(36)21-30(4,5)6/h9-16,20,23-24,38H,17-19,21-22,32H2,1-8H3/t24-,31+/m1/s1. The van der Waals surface area contributed by atoms with Gasteiger partial charge in [-0.15, -0.1) is 0 Å². The van der Waals surface area contributed by atoms with E-state index < -0.39 is 39.0 Å². The first-order valence-electron chi connectivity index (χ1n) is 14.1. The van der Waals surface area contributed by atoms with Crippen LogP contribution in [-0.4, -0.2) is 66.1 Å². The van der Waals surface area contributed by atoms with E-state index in [4.69, 9.17) is 5.73 Å². The molecule has 0 saturated heterocycles. The predicted molar refractivity (Wildman–Crippen MR) is 161 cm³/mol. The molecule has 228 valence electrons. The van der Waals surface area contributed by atoms with Crippen molar-refractivity contribution in [1.29, 1.82) is 0 Å². The largest absolute Gasteiger partial charge is 0.301 e. The normalized spacial score (nSPS) is 14.8. The number of hydrogen-bond acceptors (Lipinski definition) is 7. The van der Waals surface area contributed by atoms with Crippen LogP contribution < -0.4 is 5.73 Å². The van der Waals surface area contributed by atoms with Gasteiger partial charge >= 0.3 is 0 Å². The van der Waals surface area contributed by atoms with Gasteiger partial charge < -0.3 is 4.90 Å². The summed E-state index contributed by atoms with van der Waals surface area (Å²) in [7, 11) is -1.36. The molecule has 0 bridgehead atoms. The van der Waals surface area contributed by atoms with Crippen molar-refractivity contribution in [3.63, 3.8) is 0 Å². The minimum Gasteiger partial charge on any atom is -0.301 e. The number of benzene rings is 2. The fourth-order valence-electron chi connectivity index (χ4n) is 4.63. The number of imide groups is 1. The van der Waals surface area contributed by atoms with E-state index in [0.717, 1.165) is 22.4 Å². The fraction of sp³-hybridized carbons (Fsp3) is 0.548. The van der Waals surface area contributed by atoms with Gasteiger partial charge in [-0.2, -0.15) is 0 Å². The second kappa shape index (κ2) is 14.0. The second-order valence-corrected chi connectivity index (χ2v) is 14.6. The number of likely N-dealkylation sites (N-methyl/N-ethyl adjacent to an activating group) is 1. The van der Waals surface area contributed by atoms with Crippen molar-refractivity contribution in [1.82, 2.24) is 14.3 Å². The van der Waals surface area contributed by atoms with Crippen LogP contribution >= 0.6 is 0 Å². The van der Waals surface area contributed by atoms with E-state index >= 15 is 0 Å². The van der Waals surface area contributed by atoms with Crippen LogP contribution in [0.2, 0.25) is 0 Å². The van der Waals surface area contributed by atoms with Gasteiger partial charge in [0, 0.05) is 12.3 Å². The maximum Gasteiger partial charge on any atom is 0.268 e. The third-order valence-corrected chi connectivity index (χ3v) is 8.44. The number of aryl methyl sites for hydroxylation is 1. The number of carbonyl (C=O) groups is 2. The summed E-state index contributed by atoms with van der Waals surface area (Å²) >= 11 is 0. The van der Waals surface area contributed by atoms with E-state index in [9.17, 15) is 23.2 Å². The zero-order chi connectivity index (χ0) is 31.2. The summed E-state index contributed by atoms with van der Waals surface area (Å²) in [5.74, 6) is -4.30. The average molecular weight is 589 g/mol. The molecule has 2 atom stereocenters. The Morgan fingerprint density at radius 2 is 1.51 bits per heavy atom. The first kappa shape index (κ1) is 34.6. The molecular weight excluding hydrogens is 540 g/mol. The lowest BCUT2D eigenvalue weighted by atomic mass is 9.89. The molecule has 0 aliphatic rings. The minimum atomic E-state index is -4.68. The van der Waals surface area contributed by atoms with Gasteiger partial charge in [0.15, 0.2) is 5.79 Å². The lowest BCUT2D eigenvalue weighted by molar-refractivity contribution is -0.199. The van der Waals surface area contributed by atoms with E-state index in [0.29, 0.717) is 12.3 Å². The van der Waals surface area contributed by atoms with Crippen LogP contribution in [0.5, 0.6) is 0 Å². The number of nitrogens with zero attached hydrogens (tertiary/aromatic N) is 3. The third kappa shape index (κ3) is 9.18. The number of sulfonamides is 1. The van der Waals surface area contributed by atoms with E-state index in [1.165, 1.54) is 12.1 Å². The summed E-state index contributed by atoms with van der Waals surface area (Å²) in [5.41, 5.74) is 7.95. The Morgan fingerprint density at radius 1 is 0.927 bits per heavy atom. The van der Waals surface area contributed by atoms with Gasteiger partial charge in [0.05, 0.1) is 11.4 Å². The Morgan fingerprint density at radius 3 is 2.05 bits per heavy atom. The van der Waals surface area contributed by atoms with Crippen molar-refractivity contribution in [3.8, 4) is 0 Å². The molecule has 0 fully saturated rings. The van der Waals surface area contributed by atoms with E-state index in [2.05, 4.69) is 13.8 Å². The molecule has 0 unspecified atom stereocenters. The van der Waals surface area contributed by atoms with Gasteiger partial charge in [-0.3, -0.25) is 20.5 Å². The lowest BCUT2D eigenvalue weighted by Gasteiger charge is -2.47. The molecule has 2 aromatic carbocycles. The molecule has 41 heavy (non-hydrogen) atoms. The number of nitrogens with two attached hydrogens (primary N) is 1. The molecule has 2 amide bonds. The monoisotopic (exact) mass is 588 g/mol. The molecular formula is C31H48N4O5S. The first-order valence-corrected chi connectivity index (χ1v) is 15.5. The van der Waals surface area contributed by atoms with Crippen LogP contribution in [0.15, 0.2) is 59.5 Å². The van der Waals surface area contributed by atoms with Crippen molar-refractivity contribution < 1.29 is 23.2 Å². The summed E-state index contributed by atoms with van der Waals surface area (Å²) < 4.78 is 28.1. The Labute approximate surface area is 246 Å². The van der Waals surface area contributed by atoms with Gasteiger partial charge in [0.1, 0.15) is 0 Å². The van der Waals surface area contributed by atoms with Crippen LogP contribution in [0.4, 0.5) is 0 Å². The van der Waals surface area contributed by atoms with Crippen LogP contribution in [0.25, 0.3) is 0 Å². The molecule has 3 N–H and O–H groups in total. The number of hydroxylamine groups is 1. The van der Waals surface area contributed by atoms with E-state index in [1.54, 1.807) is 32.0 Å².